The molecule has 2 aromatic rings. The van der Waals surface area contributed by atoms with Gasteiger partial charge in [-0.25, -0.2) is 0 Å². The normalized spacial score (nSPS) is 11.2. The molecule has 0 bridgehead atoms. The molecule has 0 aliphatic rings. The fourth-order valence-electron chi connectivity index (χ4n) is 2.77. The molecule has 0 fully saturated rings. The summed E-state index contributed by atoms with van der Waals surface area (Å²) in [4.78, 5) is 25.7. The number of anilines is 2. The van der Waals surface area contributed by atoms with E-state index >= 15 is 0 Å². The highest BCUT2D eigenvalue weighted by molar-refractivity contribution is 6.30. The minimum absolute atomic E-state index is 0.0961. The summed E-state index contributed by atoms with van der Waals surface area (Å²) in [6, 6.07) is 8.47. The third kappa shape index (κ3) is 5.01. The molecule has 2 amide bonds. The molecular formula is C19H18ClF3N2O2. The van der Waals surface area contributed by atoms with Crippen LogP contribution in [0.1, 0.15) is 23.6 Å². The van der Waals surface area contributed by atoms with Crippen LogP contribution in [0.5, 0.6) is 0 Å². The van der Waals surface area contributed by atoms with E-state index in [1.807, 2.05) is 6.07 Å². The Kier molecular flexibility index (Phi) is 6.15. The summed E-state index contributed by atoms with van der Waals surface area (Å²) in [7, 11) is 0. The van der Waals surface area contributed by atoms with E-state index in [0.29, 0.717) is 5.69 Å². The van der Waals surface area contributed by atoms with Gasteiger partial charge in [-0.1, -0.05) is 29.8 Å². The monoisotopic (exact) mass is 398 g/mol. The van der Waals surface area contributed by atoms with Gasteiger partial charge in [0.1, 0.15) is 6.54 Å². The van der Waals surface area contributed by atoms with Crippen molar-refractivity contribution in [2.45, 2.75) is 26.9 Å². The van der Waals surface area contributed by atoms with E-state index in [1.54, 1.807) is 26.0 Å². The maximum absolute atomic E-state index is 13.2. The minimum Gasteiger partial charge on any atom is -0.324 e. The van der Waals surface area contributed by atoms with E-state index in [1.165, 1.54) is 17.9 Å². The van der Waals surface area contributed by atoms with E-state index in [-0.39, 0.29) is 5.02 Å². The van der Waals surface area contributed by atoms with Gasteiger partial charge in [0.25, 0.3) is 0 Å². The van der Waals surface area contributed by atoms with Crippen LogP contribution < -0.4 is 10.2 Å². The predicted molar refractivity (Wildman–Crippen MR) is 99.0 cm³/mol. The zero-order valence-electron chi connectivity index (χ0n) is 14.9. The van der Waals surface area contributed by atoms with Crippen LogP contribution in [0.3, 0.4) is 0 Å². The second-order valence-electron chi connectivity index (χ2n) is 6.08. The summed E-state index contributed by atoms with van der Waals surface area (Å²) in [6.07, 6.45) is -4.68. The van der Waals surface area contributed by atoms with Gasteiger partial charge in [0.15, 0.2) is 0 Å². The van der Waals surface area contributed by atoms with Crippen LogP contribution in [0, 0.1) is 13.8 Å². The van der Waals surface area contributed by atoms with Gasteiger partial charge in [-0.05, 0) is 43.2 Å². The van der Waals surface area contributed by atoms with E-state index in [4.69, 9.17) is 11.6 Å². The molecular weight excluding hydrogens is 381 g/mol. The van der Waals surface area contributed by atoms with Gasteiger partial charge >= 0.3 is 6.18 Å². The third-order valence-electron chi connectivity index (χ3n) is 3.95. The fourth-order valence-corrected chi connectivity index (χ4v) is 2.94. The number of aryl methyl sites for hydroxylation is 2. The van der Waals surface area contributed by atoms with Gasteiger partial charge in [0.2, 0.25) is 11.8 Å². The molecule has 2 rings (SSSR count). The van der Waals surface area contributed by atoms with Gasteiger partial charge < -0.3 is 10.2 Å². The molecule has 144 valence electrons. The highest BCUT2D eigenvalue weighted by Crippen LogP contribution is 2.36. The minimum atomic E-state index is -4.68. The Morgan fingerprint density at radius 1 is 1.11 bits per heavy atom. The maximum atomic E-state index is 13.2. The third-order valence-corrected chi connectivity index (χ3v) is 4.19. The molecule has 0 heterocycles. The molecule has 0 radical (unpaired) electrons. The number of para-hydroxylation sites is 1. The number of carbonyl (C=O) groups excluding carboxylic acids is 2. The van der Waals surface area contributed by atoms with Crippen molar-refractivity contribution in [2.24, 2.45) is 0 Å². The van der Waals surface area contributed by atoms with Gasteiger partial charge in [0.05, 0.1) is 16.9 Å². The Labute approximate surface area is 159 Å². The van der Waals surface area contributed by atoms with E-state index in [9.17, 15) is 22.8 Å². The number of nitrogens with one attached hydrogen (secondary N) is 1. The van der Waals surface area contributed by atoms with Crippen molar-refractivity contribution in [2.75, 3.05) is 16.8 Å². The molecule has 0 aromatic heterocycles. The summed E-state index contributed by atoms with van der Waals surface area (Å²) in [5, 5.41) is 2.13. The van der Waals surface area contributed by atoms with Crippen molar-refractivity contribution >= 4 is 34.8 Å². The standard InChI is InChI=1S/C19H18ClF3N2O2/c1-11-5-4-6-12(2)18(11)25(13(3)26)10-17(27)24-16-8-7-14(20)9-15(16)19(21,22)23/h4-9H,10H2,1-3H3,(H,24,27). The molecule has 0 saturated carbocycles. The van der Waals surface area contributed by atoms with Crippen LogP contribution in [0.15, 0.2) is 36.4 Å². The maximum Gasteiger partial charge on any atom is 0.418 e. The summed E-state index contributed by atoms with van der Waals surface area (Å²) >= 11 is 5.63. The van der Waals surface area contributed by atoms with E-state index < -0.39 is 35.8 Å². The first-order valence-corrected chi connectivity index (χ1v) is 8.39. The molecule has 0 aliphatic carbocycles. The lowest BCUT2D eigenvalue weighted by Gasteiger charge is -2.25. The van der Waals surface area contributed by atoms with Crippen LogP contribution in [0.2, 0.25) is 5.02 Å². The smallest absolute Gasteiger partial charge is 0.324 e. The lowest BCUT2D eigenvalue weighted by molar-refractivity contribution is -0.137. The van der Waals surface area contributed by atoms with Crippen LogP contribution in [0.25, 0.3) is 0 Å². The number of halogens is 4. The van der Waals surface area contributed by atoms with Crippen LogP contribution in [-0.2, 0) is 15.8 Å². The predicted octanol–water partition coefficient (Wildman–Crippen LogP) is 4.97. The topological polar surface area (TPSA) is 49.4 Å². The lowest BCUT2D eigenvalue weighted by atomic mass is 10.1. The number of hydrogen-bond acceptors (Lipinski definition) is 2. The second-order valence-corrected chi connectivity index (χ2v) is 6.52. The molecule has 1 N–H and O–H groups in total. The summed E-state index contributed by atoms with van der Waals surface area (Å²) in [6.45, 7) is 4.46. The largest absolute Gasteiger partial charge is 0.418 e. The fraction of sp³-hybridized carbons (Fsp3) is 0.263. The highest BCUT2D eigenvalue weighted by Gasteiger charge is 2.34. The molecule has 8 heteroatoms. The SMILES string of the molecule is CC(=O)N(CC(=O)Nc1ccc(Cl)cc1C(F)(F)F)c1c(C)cccc1C. The summed E-state index contributed by atoms with van der Waals surface area (Å²) in [5.74, 6) is -1.14. The highest BCUT2D eigenvalue weighted by atomic mass is 35.5. The molecule has 0 atom stereocenters. The number of amides is 2. The van der Waals surface area contributed by atoms with E-state index in [0.717, 1.165) is 23.3 Å². The molecule has 0 unspecified atom stereocenters. The molecule has 27 heavy (non-hydrogen) atoms. The second kappa shape index (κ2) is 8.00. The Bertz CT molecular complexity index is 861. The zero-order valence-corrected chi connectivity index (χ0v) is 15.7. The number of hydrogen-bond donors (Lipinski definition) is 1. The molecule has 0 saturated heterocycles. The van der Waals surface area contributed by atoms with Crippen molar-refractivity contribution in [1.82, 2.24) is 0 Å². The van der Waals surface area contributed by atoms with E-state index in [2.05, 4.69) is 5.32 Å². The first-order chi connectivity index (χ1) is 12.5. The van der Waals surface area contributed by atoms with Crippen molar-refractivity contribution < 1.29 is 22.8 Å². The van der Waals surface area contributed by atoms with Crippen molar-refractivity contribution in [1.29, 1.82) is 0 Å². The molecule has 4 nitrogen and oxygen atoms in total. The summed E-state index contributed by atoms with van der Waals surface area (Å²) < 4.78 is 39.5. The average Bonchev–Trinajstić information content (AvgIpc) is 2.54. The quantitative estimate of drug-likeness (QED) is 0.790. The van der Waals surface area contributed by atoms with Crippen molar-refractivity contribution in [3.8, 4) is 0 Å². The van der Waals surface area contributed by atoms with Crippen molar-refractivity contribution in [3.63, 3.8) is 0 Å². The summed E-state index contributed by atoms with van der Waals surface area (Å²) in [5.41, 5.74) is 0.653. The Hall–Kier alpha value is -2.54. The Morgan fingerprint density at radius 3 is 2.22 bits per heavy atom. The van der Waals surface area contributed by atoms with Gasteiger partial charge in [0, 0.05) is 11.9 Å². The zero-order chi connectivity index (χ0) is 20.4. The van der Waals surface area contributed by atoms with Gasteiger partial charge in [-0.3, -0.25) is 9.59 Å². The lowest BCUT2D eigenvalue weighted by Crippen LogP contribution is -2.37. The number of nitrogens with zero attached hydrogens (tertiary/aromatic N) is 1. The molecule has 2 aromatic carbocycles. The van der Waals surface area contributed by atoms with Crippen molar-refractivity contribution in [3.05, 3.63) is 58.1 Å². The van der Waals surface area contributed by atoms with Gasteiger partial charge in [-0.2, -0.15) is 13.2 Å². The number of alkyl halides is 3. The average molecular weight is 399 g/mol. The van der Waals surface area contributed by atoms with Crippen LogP contribution in [0.4, 0.5) is 24.5 Å². The van der Waals surface area contributed by atoms with Crippen LogP contribution in [-0.4, -0.2) is 18.4 Å². The molecule has 0 spiro atoms. The first kappa shape index (κ1) is 20.8. The number of carbonyl (C=O) groups is 2. The first-order valence-electron chi connectivity index (χ1n) is 8.01. The van der Waals surface area contributed by atoms with Gasteiger partial charge in [-0.15, -0.1) is 0 Å². The van der Waals surface area contributed by atoms with Crippen LogP contribution >= 0.6 is 11.6 Å². The number of benzene rings is 2. The Balaban J connectivity index is 2.30. The molecule has 0 aliphatic heterocycles. The number of rotatable bonds is 4. The Morgan fingerprint density at radius 2 is 1.70 bits per heavy atom.